The molecule has 0 heterocycles. The van der Waals surface area contributed by atoms with Gasteiger partial charge in [-0.15, -0.1) is 0 Å². The monoisotopic (exact) mass is 352 g/mol. The second-order valence-electron chi connectivity index (χ2n) is 4.45. The molecule has 2 rings (SSSR count). The van der Waals surface area contributed by atoms with Gasteiger partial charge in [-0.2, -0.15) is 0 Å². The number of nitrogen functional groups attached to an aromatic ring is 1. The molecule has 6 heteroatoms. The van der Waals surface area contributed by atoms with Gasteiger partial charge in [-0.3, -0.25) is 4.79 Å². The van der Waals surface area contributed by atoms with Crippen molar-refractivity contribution in [1.82, 2.24) is 0 Å². The number of benzene rings is 2. The first-order valence-electron chi connectivity index (χ1n) is 6.24. The van der Waals surface area contributed by atoms with Crippen LogP contribution in [0.4, 0.5) is 15.8 Å². The van der Waals surface area contributed by atoms with E-state index in [1.807, 2.05) is 0 Å². The number of halogens is 2. The van der Waals surface area contributed by atoms with E-state index in [-0.39, 0.29) is 11.7 Å². The van der Waals surface area contributed by atoms with Gasteiger partial charge in [0.25, 0.3) is 5.91 Å². The van der Waals surface area contributed by atoms with Crippen LogP contribution in [0.2, 0.25) is 0 Å². The van der Waals surface area contributed by atoms with Crippen LogP contribution in [0.3, 0.4) is 0 Å². The van der Waals surface area contributed by atoms with Gasteiger partial charge in [0.2, 0.25) is 0 Å². The topological polar surface area (TPSA) is 64.3 Å². The van der Waals surface area contributed by atoms with Crippen molar-refractivity contribution in [3.05, 3.63) is 52.8 Å². The van der Waals surface area contributed by atoms with Crippen LogP contribution in [0.5, 0.6) is 5.75 Å². The number of hydrogen-bond donors (Lipinski definition) is 2. The zero-order valence-corrected chi connectivity index (χ0v) is 12.9. The van der Waals surface area contributed by atoms with Crippen molar-refractivity contribution in [3.63, 3.8) is 0 Å². The Bertz CT molecular complexity index is 664. The van der Waals surface area contributed by atoms with Gasteiger partial charge in [-0.25, -0.2) is 4.39 Å². The van der Waals surface area contributed by atoms with Crippen molar-refractivity contribution >= 4 is 33.2 Å². The predicted molar refractivity (Wildman–Crippen MR) is 83.7 cm³/mol. The second kappa shape index (κ2) is 6.58. The highest BCUT2D eigenvalue weighted by Crippen LogP contribution is 2.22. The number of amides is 1. The normalized spacial score (nSPS) is 11.8. The Labute approximate surface area is 130 Å². The molecule has 0 aliphatic carbocycles. The van der Waals surface area contributed by atoms with Gasteiger partial charge in [-0.05, 0) is 43.3 Å². The van der Waals surface area contributed by atoms with Crippen LogP contribution in [0.1, 0.15) is 6.92 Å². The van der Waals surface area contributed by atoms with Gasteiger partial charge in [0, 0.05) is 15.8 Å². The molecular formula is C15H14BrFN2O2. The van der Waals surface area contributed by atoms with Crippen LogP contribution in [0, 0.1) is 5.82 Å². The Morgan fingerprint density at radius 1 is 1.33 bits per heavy atom. The van der Waals surface area contributed by atoms with Gasteiger partial charge in [0.1, 0.15) is 0 Å². The fraction of sp³-hybridized carbons (Fsp3) is 0.133. The Hall–Kier alpha value is -2.08. The van der Waals surface area contributed by atoms with E-state index in [2.05, 4.69) is 21.2 Å². The van der Waals surface area contributed by atoms with E-state index in [4.69, 9.17) is 10.5 Å². The molecule has 0 radical (unpaired) electrons. The van der Waals surface area contributed by atoms with Crippen LogP contribution in [-0.2, 0) is 4.79 Å². The summed E-state index contributed by atoms with van der Waals surface area (Å²) < 4.78 is 19.6. The van der Waals surface area contributed by atoms with E-state index in [1.54, 1.807) is 37.3 Å². The molecule has 0 saturated heterocycles. The number of anilines is 2. The number of rotatable bonds is 4. The van der Waals surface area contributed by atoms with Crippen molar-refractivity contribution in [2.45, 2.75) is 13.0 Å². The first-order chi connectivity index (χ1) is 9.95. The lowest BCUT2D eigenvalue weighted by atomic mass is 10.2. The van der Waals surface area contributed by atoms with E-state index in [0.717, 1.165) is 0 Å². The molecule has 0 aliphatic heterocycles. The third-order valence-electron chi connectivity index (χ3n) is 2.72. The quantitative estimate of drug-likeness (QED) is 0.826. The standard InChI is InChI=1S/C15H14BrFN2O2/c1-9(21-14-6-5-10(16)7-13(14)17)15(20)19-12-4-2-3-11(18)8-12/h2-9H,18H2,1H3,(H,19,20). The molecule has 1 unspecified atom stereocenters. The minimum absolute atomic E-state index is 0.0217. The van der Waals surface area contributed by atoms with Crippen molar-refractivity contribution in [2.24, 2.45) is 0 Å². The van der Waals surface area contributed by atoms with Gasteiger partial charge in [0.05, 0.1) is 0 Å². The number of nitrogens with one attached hydrogen (secondary N) is 1. The number of ether oxygens (including phenoxy) is 1. The highest BCUT2D eigenvalue weighted by atomic mass is 79.9. The Balaban J connectivity index is 2.02. The molecule has 1 amide bonds. The summed E-state index contributed by atoms with van der Waals surface area (Å²) in [5.74, 6) is -0.899. The third-order valence-corrected chi connectivity index (χ3v) is 3.21. The summed E-state index contributed by atoms with van der Waals surface area (Å²) in [5, 5.41) is 2.66. The third kappa shape index (κ3) is 4.19. The largest absolute Gasteiger partial charge is 0.478 e. The summed E-state index contributed by atoms with van der Waals surface area (Å²) >= 11 is 3.16. The second-order valence-corrected chi connectivity index (χ2v) is 5.37. The van der Waals surface area contributed by atoms with E-state index in [9.17, 15) is 9.18 Å². The number of carbonyl (C=O) groups is 1. The lowest BCUT2D eigenvalue weighted by Crippen LogP contribution is -2.30. The van der Waals surface area contributed by atoms with Crippen molar-refractivity contribution < 1.29 is 13.9 Å². The van der Waals surface area contributed by atoms with Crippen LogP contribution in [0.25, 0.3) is 0 Å². The number of nitrogens with two attached hydrogens (primary N) is 1. The maximum absolute atomic E-state index is 13.7. The summed E-state index contributed by atoms with van der Waals surface area (Å²) in [6.07, 6.45) is -0.845. The summed E-state index contributed by atoms with van der Waals surface area (Å²) in [6.45, 7) is 1.54. The average Bonchev–Trinajstić information content (AvgIpc) is 2.41. The summed E-state index contributed by atoms with van der Waals surface area (Å²) in [6, 6.07) is 11.2. The number of hydrogen-bond acceptors (Lipinski definition) is 3. The van der Waals surface area contributed by atoms with E-state index in [0.29, 0.717) is 15.8 Å². The van der Waals surface area contributed by atoms with Crippen LogP contribution >= 0.6 is 15.9 Å². The minimum Gasteiger partial charge on any atom is -0.478 e. The SMILES string of the molecule is CC(Oc1ccc(Br)cc1F)C(=O)Nc1cccc(N)c1. The molecule has 4 nitrogen and oxygen atoms in total. The summed E-state index contributed by atoms with van der Waals surface area (Å²) in [5.41, 5.74) is 6.74. The maximum atomic E-state index is 13.7. The first-order valence-corrected chi connectivity index (χ1v) is 7.03. The average molecular weight is 353 g/mol. The molecule has 0 spiro atoms. The van der Waals surface area contributed by atoms with Gasteiger partial charge in [-0.1, -0.05) is 22.0 Å². The highest BCUT2D eigenvalue weighted by Gasteiger charge is 2.17. The first kappa shape index (κ1) is 15.3. The molecule has 3 N–H and O–H groups in total. The fourth-order valence-electron chi connectivity index (χ4n) is 1.68. The number of carbonyl (C=O) groups excluding carboxylic acids is 1. The Morgan fingerprint density at radius 3 is 2.76 bits per heavy atom. The van der Waals surface area contributed by atoms with E-state index in [1.165, 1.54) is 12.1 Å². The minimum atomic E-state index is -0.845. The Kier molecular flexibility index (Phi) is 4.80. The molecule has 0 aliphatic rings. The molecular weight excluding hydrogens is 339 g/mol. The lowest BCUT2D eigenvalue weighted by Gasteiger charge is -2.15. The van der Waals surface area contributed by atoms with Crippen LogP contribution < -0.4 is 15.8 Å². The molecule has 0 fully saturated rings. The zero-order chi connectivity index (χ0) is 15.4. The molecule has 0 bridgehead atoms. The summed E-state index contributed by atoms with van der Waals surface area (Å²) in [7, 11) is 0. The Morgan fingerprint density at radius 2 is 2.10 bits per heavy atom. The van der Waals surface area contributed by atoms with Crippen molar-refractivity contribution in [2.75, 3.05) is 11.1 Å². The smallest absolute Gasteiger partial charge is 0.265 e. The molecule has 21 heavy (non-hydrogen) atoms. The molecule has 1 atom stereocenters. The lowest BCUT2D eigenvalue weighted by molar-refractivity contribution is -0.122. The van der Waals surface area contributed by atoms with Gasteiger partial charge >= 0.3 is 0 Å². The van der Waals surface area contributed by atoms with E-state index >= 15 is 0 Å². The zero-order valence-electron chi connectivity index (χ0n) is 11.3. The highest BCUT2D eigenvalue weighted by molar-refractivity contribution is 9.10. The van der Waals surface area contributed by atoms with Gasteiger partial charge < -0.3 is 15.8 Å². The predicted octanol–water partition coefficient (Wildman–Crippen LogP) is 3.58. The van der Waals surface area contributed by atoms with Crippen LogP contribution in [-0.4, -0.2) is 12.0 Å². The summed E-state index contributed by atoms with van der Waals surface area (Å²) in [4.78, 5) is 12.0. The van der Waals surface area contributed by atoms with Gasteiger partial charge in [0.15, 0.2) is 17.7 Å². The van der Waals surface area contributed by atoms with E-state index < -0.39 is 11.9 Å². The van der Waals surface area contributed by atoms with Crippen LogP contribution in [0.15, 0.2) is 46.9 Å². The molecule has 0 saturated carbocycles. The molecule has 0 aromatic heterocycles. The maximum Gasteiger partial charge on any atom is 0.265 e. The molecule has 110 valence electrons. The fourth-order valence-corrected chi connectivity index (χ4v) is 2.01. The van der Waals surface area contributed by atoms with Crippen molar-refractivity contribution in [1.29, 1.82) is 0 Å². The molecule has 2 aromatic rings. The van der Waals surface area contributed by atoms with Crippen molar-refractivity contribution in [3.8, 4) is 5.75 Å². The molecule has 2 aromatic carbocycles.